The van der Waals surface area contributed by atoms with E-state index < -0.39 is 12.3 Å². The highest BCUT2D eigenvalue weighted by Gasteiger charge is 2.20. The molecule has 15 heavy (non-hydrogen) atoms. The van der Waals surface area contributed by atoms with Gasteiger partial charge in [-0.05, 0) is 22.9 Å². The van der Waals surface area contributed by atoms with E-state index in [1.807, 2.05) is 5.43 Å². The van der Waals surface area contributed by atoms with Gasteiger partial charge >= 0.3 is 0 Å². The van der Waals surface area contributed by atoms with Crippen molar-refractivity contribution < 1.29 is 13.6 Å². The normalized spacial score (nSPS) is 10.8. The minimum Gasteiger partial charge on any atom is -0.293 e. The average Bonchev–Trinajstić information content (AvgIpc) is 2.46. The zero-order chi connectivity index (χ0) is 11.6. The highest BCUT2D eigenvalue weighted by Crippen LogP contribution is 2.28. The van der Waals surface area contributed by atoms with Crippen molar-refractivity contribution in [2.24, 2.45) is 5.84 Å². The summed E-state index contributed by atoms with van der Waals surface area (Å²) in [5.41, 5.74) is 1.97. The highest BCUT2D eigenvalue weighted by molar-refractivity contribution is 9.10. The van der Waals surface area contributed by atoms with Crippen LogP contribution in [-0.4, -0.2) is 15.7 Å². The molecule has 0 aliphatic rings. The molecule has 1 aromatic rings. The van der Waals surface area contributed by atoms with Crippen molar-refractivity contribution in [3.05, 3.63) is 15.9 Å². The van der Waals surface area contributed by atoms with Crippen molar-refractivity contribution in [3.8, 4) is 0 Å². The van der Waals surface area contributed by atoms with Crippen LogP contribution < -0.4 is 11.3 Å². The fraction of sp³-hybridized carbons (Fsp3) is 0.429. The van der Waals surface area contributed by atoms with Gasteiger partial charge in [-0.1, -0.05) is 0 Å². The Balaban J connectivity index is 3.00. The smallest absolute Gasteiger partial charge is 0.283 e. The van der Waals surface area contributed by atoms with Gasteiger partial charge in [0.1, 0.15) is 12.2 Å². The van der Waals surface area contributed by atoms with Crippen LogP contribution in [0.15, 0.2) is 4.47 Å². The number of rotatable bonds is 3. The minimum atomic E-state index is -2.68. The van der Waals surface area contributed by atoms with E-state index in [0.29, 0.717) is 5.69 Å². The zero-order valence-electron chi connectivity index (χ0n) is 7.80. The van der Waals surface area contributed by atoms with E-state index in [2.05, 4.69) is 21.0 Å². The molecule has 0 unspecified atom stereocenters. The van der Waals surface area contributed by atoms with Crippen molar-refractivity contribution in [3.63, 3.8) is 0 Å². The van der Waals surface area contributed by atoms with Gasteiger partial charge in [0.15, 0.2) is 0 Å². The molecule has 0 saturated carbocycles. The van der Waals surface area contributed by atoms with Gasteiger partial charge in [-0.2, -0.15) is 5.10 Å². The third kappa shape index (κ3) is 2.51. The molecule has 0 aromatic carbocycles. The molecule has 5 nitrogen and oxygen atoms in total. The first-order valence-corrected chi connectivity index (χ1v) is 4.77. The lowest BCUT2D eigenvalue weighted by Gasteiger charge is -2.01. The third-order valence-corrected chi connectivity index (χ3v) is 2.80. The summed E-state index contributed by atoms with van der Waals surface area (Å²) in [6, 6.07) is 0. The summed E-state index contributed by atoms with van der Waals surface area (Å²) in [6.45, 7) is 1.39. The maximum absolute atomic E-state index is 12.4. The van der Waals surface area contributed by atoms with Gasteiger partial charge in [-0.3, -0.25) is 14.9 Å². The van der Waals surface area contributed by atoms with Crippen molar-refractivity contribution >= 4 is 21.8 Å². The number of halogens is 3. The molecule has 0 aliphatic carbocycles. The molecule has 1 rings (SSSR count). The van der Waals surface area contributed by atoms with Crippen LogP contribution in [0, 0.1) is 6.92 Å². The first-order valence-electron chi connectivity index (χ1n) is 3.97. The molecule has 0 atom stereocenters. The van der Waals surface area contributed by atoms with Crippen molar-refractivity contribution in [1.29, 1.82) is 0 Å². The predicted octanol–water partition coefficient (Wildman–Crippen LogP) is 0.882. The Morgan fingerprint density at radius 2 is 2.33 bits per heavy atom. The maximum Gasteiger partial charge on any atom is 0.283 e. The van der Waals surface area contributed by atoms with Crippen molar-refractivity contribution in [2.75, 3.05) is 0 Å². The molecule has 0 fully saturated rings. The van der Waals surface area contributed by atoms with Gasteiger partial charge in [-0.25, -0.2) is 14.6 Å². The van der Waals surface area contributed by atoms with E-state index in [1.165, 1.54) is 0 Å². The number of aromatic nitrogens is 2. The zero-order valence-corrected chi connectivity index (χ0v) is 9.38. The molecule has 8 heteroatoms. The van der Waals surface area contributed by atoms with E-state index in [0.717, 1.165) is 4.68 Å². The Labute approximate surface area is 92.7 Å². The summed E-state index contributed by atoms with van der Waals surface area (Å²) in [6.07, 6.45) is -2.68. The lowest BCUT2D eigenvalue weighted by Crippen LogP contribution is -2.33. The maximum atomic E-state index is 12.4. The molecule has 0 bridgehead atoms. The second kappa shape index (κ2) is 4.67. The lowest BCUT2D eigenvalue weighted by molar-refractivity contribution is -0.121. The summed E-state index contributed by atoms with van der Waals surface area (Å²) in [4.78, 5) is 10.9. The van der Waals surface area contributed by atoms with Crippen molar-refractivity contribution in [2.45, 2.75) is 19.9 Å². The van der Waals surface area contributed by atoms with Crippen LogP contribution in [0.2, 0.25) is 0 Å². The first kappa shape index (κ1) is 12.1. The molecule has 0 aliphatic heterocycles. The van der Waals surface area contributed by atoms with E-state index in [9.17, 15) is 13.6 Å². The standard InChI is InChI=1S/C7H9BrF2N4O/c1-3-5(8)6(7(9)10)13-14(3)2-4(15)12-11/h7H,2,11H2,1H3,(H,12,15). The van der Waals surface area contributed by atoms with Crippen LogP contribution in [-0.2, 0) is 11.3 Å². The molecule has 0 saturated heterocycles. The summed E-state index contributed by atoms with van der Waals surface area (Å²) in [7, 11) is 0. The summed E-state index contributed by atoms with van der Waals surface area (Å²) in [5.74, 6) is 4.37. The van der Waals surface area contributed by atoms with E-state index in [1.54, 1.807) is 6.92 Å². The number of carbonyl (C=O) groups is 1. The number of carbonyl (C=O) groups excluding carboxylic acids is 1. The molecule has 1 amide bonds. The Hall–Kier alpha value is -1.02. The van der Waals surface area contributed by atoms with Gasteiger partial charge in [0, 0.05) is 0 Å². The number of alkyl halides is 2. The molecular formula is C7H9BrF2N4O. The molecule has 0 radical (unpaired) electrons. The van der Waals surface area contributed by atoms with E-state index in [4.69, 9.17) is 5.84 Å². The van der Waals surface area contributed by atoms with Gasteiger partial charge in [-0.15, -0.1) is 0 Å². The SMILES string of the molecule is Cc1c(Br)c(C(F)F)nn1CC(=O)NN. The topological polar surface area (TPSA) is 72.9 Å². The minimum absolute atomic E-state index is 0.187. The van der Waals surface area contributed by atoms with Crippen LogP contribution in [0.5, 0.6) is 0 Å². The average molecular weight is 283 g/mol. The van der Waals surface area contributed by atoms with Crippen LogP contribution >= 0.6 is 15.9 Å². The van der Waals surface area contributed by atoms with Gasteiger partial charge in [0.25, 0.3) is 12.3 Å². The van der Waals surface area contributed by atoms with Crippen LogP contribution in [0.25, 0.3) is 0 Å². The third-order valence-electron chi connectivity index (χ3n) is 1.82. The number of nitrogens with two attached hydrogens (primary N) is 1. The first-order chi connectivity index (χ1) is 6.97. The molecule has 84 valence electrons. The summed E-state index contributed by atoms with van der Waals surface area (Å²) >= 11 is 2.99. The predicted molar refractivity (Wildman–Crippen MR) is 52.0 cm³/mol. The van der Waals surface area contributed by atoms with E-state index >= 15 is 0 Å². The van der Waals surface area contributed by atoms with Gasteiger partial charge < -0.3 is 0 Å². The lowest BCUT2D eigenvalue weighted by atomic mass is 10.4. The Bertz CT molecular complexity index is 379. The van der Waals surface area contributed by atoms with Crippen LogP contribution in [0.3, 0.4) is 0 Å². The van der Waals surface area contributed by atoms with Gasteiger partial charge in [0.05, 0.1) is 10.2 Å². The number of nitrogens with one attached hydrogen (secondary N) is 1. The van der Waals surface area contributed by atoms with E-state index in [-0.39, 0.29) is 16.7 Å². The second-order valence-electron chi connectivity index (χ2n) is 2.81. The quantitative estimate of drug-likeness (QED) is 0.491. The molecule has 1 aromatic heterocycles. The Morgan fingerprint density at radius 1 is 1.73 bits per heavy atom. The number of hydrazine groups is 1. The monoisotopic (exact) mass is 282 g/mol. The number of amides is 1. The number of hydrogen-bond donors (Lipinski definition) is 2. The Morgan fingerprint density at radius 3 is 2.73 bits per heavy atom. The largest absolute Gasteiger partial charge is 0.293 e. The molecular weight excluding hydrogens is 274 g/mol. The number of nitrogens with zero attached hydrogens (tertiary/aromatic N) is 2. The molecule has 1 heterocycles. The fourth-order valence-corrected chi connectivity index (χ4v) is 1.48. The van der Waals surface area contributed by atoms with Gasteiger partial charge in [0.2, 0.25) is 0 Å². The van der Waals surface area contributed by atoms with Crippen LogP contribution in [0.1, 0.15) is 17.8 Å². The molecule has 3 N–H and O–H groups in total. The molecule has 0 spiro atoms. The summed E-state index contributed by atoms with van der Waals surface area (Å²) in [5, 5.41) is 3.60. The van der Waals surface area contributed by atoms with Crippen molar-refractivity contribution in [1.82, 2.24) is 15.2 Å². The van der Waals surface area contributed by atoms with Crippen LogP contribution in [0.4, 0.5) is 8.78 Å². The fourth-order valence-electron chi connectivity index (χ4n) is 1.02. The second-order valence-corrected chi connectivity index (χ2v) is 3.60. The Kier molecular flexibility index (Phi) is 3.75. The number of hydrogen-bond acceptors (Lipinski definition) is 3. The summed E-state index contributed by atoms with van der Waals surface area (Å²) < 4.78 is 26.2. The highest BCUT2D eigenvalue weighted by atomic mass is 79.9.